The zero-order valence-corrected chi connectivity index (χ0v) is 9.04. The summed E-state index contributed by atoms with van der Waals surface area (Å²) in [5.74, 6) is 0. The fourth-order valence-corrected chi connectivity index (χ4v) is 1.68. The monoisotopic (exact) mass is 281 g/mol. The van der Waals surface area contributed by atoms with Gasteiger partial charge in [0.05, 0.1) is 5.69 Å². The zero-order chi connectivity index (χ0) is 7.40. The molecule has 0 N–H and O–H groups in total. The first-order chi connectivity index (χ1) is 4.83. The van der Waals surface area contributed by atoms with Crippen molar-refractivity contribution in [2.45, 2.75) is 0 Å². The molecule has 0 bridgehead atoms. The molecule has 10 heavy (non-hydrogen) atoms. The van der Waals surface area contributed by atoms with Gasteiger partial charge in [-0.3, -0.25) is 0 Å². The lowest BCUT2D eigenvalue weighted by Gasteiger charge is -1.78. The molecule has 0 amide bonds. The van der Waals surface area contributed by atoms with Crippen molar-refractivity contribution in [3.8, 4) is 0 Å². The van der Waals surface area contributed by atoms with Gasteiger partial charge in [0, 0.05) is 10.7 Å². The van der Waals surface area contributed by atoms with Crippen molar-refractivity contribution in [2.24, 2.45) is 0 Å². The van der Waals surface area contributed by atoms with Gasteiger partial charge in [0.25, 0.3) is 0 Å². The summed E-state index contributed by atoms with van der Waals surface area (Å²) < 4.78 is 0.932. The van der Waals surface area contributed by atoms with Gasteiger partial charge in [-0.15, -0.1) is 11.3 Å². The van der Waals surface area contributed by atoms with E-state index >= 15 is 0 Å². The van der Waals surface area contributed by atoms with Gasteiger partial charge < -0.3 is 0 Å². The maximum absolute atomic E-state index is 4.18. The highest BCUT2D eigenvalue weighted by atomic mass is 79.9. The Hall–Kier alpha value is 0.330. The molecule has 4 heteroatoms. The van der Waals surface area contributed by atoms with E-state index in [0.717, 1.165) is 14.9 Å². The van der Waals surface area contributed by atoms with Crippen molar-refractivity contribution >= 4 is 49.3 Å². The average Bonchev–Trinajstić information content (AvgIpc) is 2.31. The topological polar surface area (TPSA) is 12.9 Å². The van der Waals surface area contributed by atoms with E-state index in [4.69, 9.17) is 0 Å². The molecule has 0 aromatic carbocycles. The highest BCUT2D eigenvalue weighted by Gasteiger charge is 1.91. The normalized spacial score (nSPS) is 11.0. The first-order valence-corrected chi connectivity index (χ1v) is 5.46. The van der Waals surface area contributed by atoms with Crippen molar-refractivity contribution in [3.63, 3.8) is 0 Å². The first kappa shape index (κ1) is 8.43. The Morgan fingerprint density at radius 1 is 1.70 bits per heavy atom. The Morgan fingerprint density at radius 2 is 2.50 bits per heavy atom. The van der Waals surface area contributed by atoms with E-state index in [-0.39, 0.29) is 0 Å². The van der Waals surface area contributed by atoms with Crippen molar-refractivity contribution in [1.82, 2.24) is 4.98 Å². The molecule has 0 aliphatic rings. The molecular weight excluding hydrogens is 278 g/mol. The summed E-state index contributed by atoms with van der Waals surface area (Å²) in [6.07, 6.45) is 4.00. The minimum atomic E-state index is 0.877. The quantitative estimate of drug-likeness (QED) is 0.759. The number of alkyl halides is 1. The molecule has 0 aliphatic carbocycles. The largest absolute Gasteiger partial charge is 0.230 e. The molecular formula is C6H5Br2NS. The van der Waals surface area contributed by atoms with E-state index in [1.54, 1.807) is 11.3 Å². The summed E-state index contributed by atoms with van der Waals surface area (Å²) >= 11 is 8.17. The number of aromatic nitrogens is 1. The number of hydrogen-bond donors (Lipinski definition) is 0. The molecule has 0 spiro atoms. The van der Waals surface area contributed by atoms with Gasteiger partial charge in [-0.1, -0.05) is 22.0 Å². The van der Waals surface area contributed by atoms with Crippen LogP contribution in [0.5, 0.6) is 0 Å². The van der Waals surface area contributed by atoms with Crippen molar-refractivity contribution in [2.75, 3.05) is 5.33 Å². The molecule has 1 rings (SSSR count). The van der Waals surface area contributed by atoms with E-state index in [1.807, 2.05) is 17.5 Å². The molecule has 0 unspecified atom stereocenters. The number of halogens is 2. The molecule has 1 heterocycles. The van der Waals surface area contributed by atoms with Crippen LogP contribution in [0.3, 0.4) is 0 Å². The van der Waals surface area contributed by atoms with Gasteiger partial charge in [-0.25, -0.2) is 4.98 Å². The molecule has 0 radical (unpaired) electrons. The Bertz CT molecular complexity index is 231. The van der Waals surface area contributed by atoms with E-state index in [0.29, 0.717) is 0 Å². The van der Waals surface area contributed by atoms with Crippen LogP contribution in [0.2, 0.25) is 0 Å². The smallest absolute Gasteiger partial charge is 0.159 e. The molecule has 1 aromatic rings. The van der Waals surface area contributed by atoms with Crippen LogP contribution in [0.15, 0.2) is 15.4 Å². The van der Waals surface area contributed by atoms with Crippen LogP contribution < -0.4 is 0 Å². The molecule has 0 saturated heterocycles. The minimum Gasteiger partial charge on any atom is -0.230 e. The highest BCUT2D eigenvalue weighted by molar-refractivity contribution is 9.11. The number of rotatable bonds is 2. The fourth-order valence-electron chi connectivity index (χ4n) is 0.505. The summed E-state index contributed by atoms with van der Waals surface area (Å²) in [7, 11) is 0. The molecule has 0 atom stereocenters. The summed E-state index contributed by atoms with van der Waals surface area (Å²) in [6, 6.07) is 0. The van der Waals surface area contributed by atoms with Gasteiger partial charge in [0.1, 0.15) is 0 Å². The van der Waals surface area contributed by atoms with E-state index in [9.17, 15) is 0 Å². The van der Waals surface area contributed by atoms with Crippen LogP contribution in [-0.4, -0.2) is 10.3 Å². The van der Waals surface area contributed by atoms with Gasteiger partial charge in [0.2, 0.25) is 0 Å². The van der Waals surface area contributed by atoms with Crippen molar-refractivity contribution in [3.05, 3.63) is 21.1 Å². The van der Waals surface area contributed by atoms with E-state index in [2.05, 4.69) is 36.8 Å². The van der Waals surface area contributed by atoms with Gasteiger partial charge in [0.15, 0.2) is 3.92 Å². The lowest BCUT2D eigenvalue weighted by Crippen LogP contribution is -1.68. The molecule has 54 valence electrons. The molecule has 0 fully saturated rings. The van der Waals surface area contributed by atoms with Crippen LogP contribution >= 0.6 is 43.2 Å². The van der Waals surface area contributed by atoms with E-state index < -0.39 is 0 Å². The third-order valence-corrected chi connectivity index (χ3v) is 2.63. The summed E-state index contributed by atoms with van der Waals surface area (Å²) in [5, 5.41) is 2.88. The van der Waals surface area contributed by atoms with Crippen LogP contribution in [0, 0.1) is 0 Å². The maximum Gasteiger partial charge on any atom is 0.159 e. The molecule has 0 aliphatic heterocycles. The van der Waals surface area contributed by atoms with Gasteiger partial charge in [-0.2, -0.15) is 0 Å². The van der Waals surface area contributed by atoms with Crippen LogP contribution in [0.4, 0.5) is 0 Å². The first-order valence-electron chi connectivity index (χ1n) is 2.66. The molecule has 0 saturated carbocycles. The summed E-state index contributed by atoms with van der Waals surface area (Å²) in [6.45, 7) is 0. The lowest BCUT2D eigenvalue weighted by atomic mass is 10.4. The third kappa shape index (κ3) is 2.52. The number of nitrogens with zero attached hydrogens (tertiary/aromatic N) is 1. The zero-order valence-electron chi connectivity index (χ0n) is 5.05. The van der Waals surface area contributed by atoms with Crippen LogP contribution in [0.1, 0.15) is 5.69 Å². The minimum absolute atomic E-state index is 0.877. The molecule has 1 nitrogen and oxygen atoms in total. The maximum atomic E-state index is 4.18. The predicted molar refractivity (Wildman–Crippen MR) is 52.6 cm³/mol. The number of hydrogen-bond acceptors (Lipinski definition) is 2. The Morgan fingerprint density at radius 3 is 3.00 bits per heavy atom. The number of thiazole rings is 1. The average molecular weight is 283 g/mol. The summed E-state index contributed by atoms with van der Waals surface area (Å²) in [5.41, 5.74) is 1.01. The fraction of sp³-hybridized carbons (Fsp3) is 0.167. The predicted octanol–water partition coefficient (Wildman–Crippen LogP) is 3.31. The standard InChI is InChI=1S/C6H5Br2NS/c7-3-1-2-5-4-10-6(8)9-5/h1-2,4H,3H2. The van der Waals surface area contributed by atoms with E-state index in [1.165, 1.54) is 0 Å². The Labute approximate surface area is 80.4 Å². The van der Waals surface area contributed by atoms with Crippen LogP contribution in [0.25, 0.3) is 6.08 Å². The van der Waals surface area contributed by atoms with Gasteiger partial charge in [-0.05, 0) is 22.0 Å². The van der Waals surface area contributed by atoms with Crippen molar-refractivity contribution in [1.29, 1.82) is 0 Å². The van der Waals surface area contributed by atoms with Crippen molar-refractivity contribution < 1.29 is 0 Å². The Balaban J connectivity index is 2.67. The molecule has 1 aromatic heterocycles. The van der Waals surface area contributed by atoms with Crippen LogP contribution in [-0.2, 0) is 0 Å². The summed E-state index contributed by atoms with van der Waals surface area (Å²) in [4.78, 5) is 4.18. The highest BCUT2D eigenvalue weighted by Crippen LogP contribution is 2.16. The second-order valence-electron chi connectivity index (χ2n) is 1.58. The second-order valence-corrected chi connectivity index (χ2v) is 4.36. The number of allylic oxidation sites excluding steroid dienone is 1. The van der Waals surface area contributed by atoms with Gasteiger partial charge >= 0.3 is 0 Å². The third-order valence-electron chi connectivity index (χ3n) is 0.872. The second kappa shape index (κ2) is 4.26. The lowest BCUT2D eigenvalue weighted by molar-refractivity contribution is 1.34. The SMILES string of the molecule is BrCC=Cc1csc(Br)n1. The Kier molecular flexibility index (Phi) is 3.59.